The standard InChI is InChI=1S/C18H21N3O4/c19-17-5-4-16(10-13(17)12-20-18(22)23)25-15-3-1-2-14(11-15)21-6-8-24-9-7-21/h1-5,10-11,20H,6-9,12,19H2,(H,22,23). The van der Waals surface area contributed by atoms with Gasteiger partial charge in [-0.3, -0.25) is 0 Å². The number of anilines is 2. The number of carbonyl (C=O) groups is 1. The van der Waals surface area contributed by atoms with E-state index in [1.54, 1.807) is 18.2 Å². The number of rotatable bonds is 5. The number of hydrogen-bond donors (Lipinski definition) is 3. The van der Waals surface area contributed by atoms with Gasteiger partial charge in [-0.2, -0.15) is 0 Å². The first-order valence-electron chi connectivity index (χ1n) is 8.07. The summed E-state index contributed by atoms with van der Waals surface area (Å²) in [4.78, 5) is 12.9. The molecule has 1 aliphatic heterocycles. The lowest BCUT2D eigenvalue weighted by molar-refractivity contribution is 0.122. The number of amides is 1. The van der Waals surface area contributed by atoms with Crippen molar-refractivity contribution in [2.24, 2.45) is 0 Å². The van der Waals surface area contributed by atoms with Crippen molar-refractivity contribution in [1.82, 2.24) is 5.32 Å². The summed E-state index contributed by atoms with van der Waals surface area (Å²) in [6.07, 6.45) is -1.09. The molecule has 0 aliphatic carbocycles. The molecule has 0 saturated carbocycles. The summed E-state index contributed by atoms with van der Waals surface area (Å²) >= 11 is 0. The van der Waals surface area contributed by atoms with Crippen LogP contribution < -0.4 is 20.7 Å². The van der Waals surface area contributed by atoms with Gasteiger partial charge in [0.2, 0.25) is 0 Å². The Balaban J connectivity index is 1.73. The molecule has 1 fully saturated rings. The second-order valence-electron chi connectivity index (χ2n) is 5.72. The number of benzene rings is 2. The Bertz CT molecular complexity index is 745. The van der Waals surface area contributed by atoms with E-state index in [0.29, 0.717) is 22.7 Å². The lowest BCUT2D eigenvalue weighted by Crippen LogP contribution is -2.36. The number of morpholine rings is 1. The fraction of sp³-hybridized carbons (Fsp3) is 0.278. The van der Waals surface area contributed by atoms with Crippen molar-refractivity contribution in [2.45, 2.75) is 6.54 Å². The van der Waals surface area contributed by atoms with Crippen LogP contribution >= 0.6 is 0 Å². The van der Waals surface area contributed by atoms with Crippen LogP contribution in [0.1, 0.15) is 5.56 Å². The number of nitrogens with one attached hydrogen (secondary N) is 1. The molecule has 1 amide bonds. The average molecular weight is 343 g/mol. The highest BCUT2D eigenvalue weighted by Gasteiger charge is 2.12. The van der Waals surface area contributed by atoms with Gasteiger partial charge in [0.25, 0.3) is 0 Å². The minimum Gasteiger partial charge on any atom is -0.465 e. The van der Waals surface area contributed by atoms with Crippen LogP contribution in [0.4, 0.5) is 16.2 Å². The Morgan fingerprint density at radius 3 is 2.72 bits per heavy atom. The molecule has 0 radical (unpaired) electrons. The molecule has 0 spiro atoms. The Morgan fingerprint density at radius 1 is 1.20 bits per heavy atom. The monoisotopic (exact) mass is 343 g/mol. The van der Waals surface area contributed by atoms with Crippen LogP contribution in [0.2, 0.25) is 0 Å². The second kappa shape index (κ2) is 7.76. The third-order valence-corrected chi connectivity index (χ3v) is 3.97. The van der Waals surface area contributed by atoms with Crippen molar-refractivity contribution < 1.29 is 19.4 Å². The minimum atomic E-state index is -1.09. The van der Waals surface area contributed by atoms with E-state index in [1.165, 1.54) is 0 Å². The molecule has 0 bridgehead atoms. The predicted octanol–water partition coefficient (Wildman–Crippen LogP) is 2.67. The second-order valence-corrected chi connectivity index (χ2v) is 5.72. The molecule has 2 aromatic carbocycles. The van der Waals surface area contributed by atoms with E-state index < -0.39 is 6.09 Å². The molecule has 4 N–H and O–H groups in total. The Kier molecular flexibility index (Phi) is 5.25. The van der Waals surface area contributed by atoms with Crippen molar-refractivity contribution in [3.63, 3.8) is 0 Å². The largest absolute Gasteiger partial charge is 0.465 e. The summed E-state index contributed by atoms with van der Waals surface area (Å²) in [5.41, 5.74) is 8.16. The summed E-state index contributed by atoms with van der Waals surface area (Å²) in [5.74, 6) is 1.32. The highest BCUT2D eigenvalue weighted by atomic mass is 16.5. The highest BCUT2D eigenvalue weighted by molar-refractivity contribution is 5.65. The summed E-state index contributed by atoms with van der Waals surface area (Å²) in [6.45, 7) is 3.30. The van der Waals surface area contributed by atoms with Crippen LogP contribution in [-0.2, 0) is 11.3 Å². The molecule has 132 valence electrons. The van der Waals surface area contributed by atoms with E-state index in [-0.39, 0.29) is 6.54 Å². The summed E-state index contributed by atoms with van der Waals surface area (Å²) in [6, 6.07) is 13.1. The Hall–Kier alpha value is -2.93. The van der Waals surface area contributed by atoms with Crippen LogP contribution in [0.25, 0.3) is 0 Å². The minimum absolute atomic E-state index is 0.131. The van der Waals surface area contributed by atoms with Crippen molar-refractivity contribution in [1.29, 1.82) is 0 Å². The smallest absolute Gasteiger partial charge is 0.404 e. The summed E-state index contributed by atoms with van der Waals surface area (Å²) < 4.78 is 11.3. The lowest BCUT2D eigenvalue weighted by atomic mass is 10.1. The number of hydrogen-bond acceptors (Lipinski definition) is 5. The van der Waals surface area contributed by atoms with E-state index in [9.17, 15) is 4.79 Å². The van der Waals surface area contributed by atoms with Gasteiger partial charge in [0.15, 0.2) is 0 Å². The molecular weight excluding hydrogens is 322 g/mol. The number of carboxylic acid groups (broad SMARTS) is 1. The van der Waals surface area contributed by atoms with E-state index in [2.05, 4.69) is 10.2 Å². The van der Waals surface area contributed by atoms with Gasteiger partial charge in [0, 0.05) is 37.1 Å². The highest BCUT2D eigenvalue weighted by Crippen LogP contribution is 2.28. The molecule has 2 aromatic rings. The maximum absolute atomic E-state index is 10.7. The van der Waals surface area contributed by atoms with Crippen LogP contribution in [0.5, 0.6) is 11.5 Å². The first-order chi connectivity index (χ1) is 12.1. The van der Waals surface area contributed by atoms with Crippen molar-refractivity contribution >= 4 is 17.5 Å². The Morgan fingerprint density at radius 2 is 1.96 bits per heavy atom. The van der Waals surface area contributed by atoms with Crippen molar-refractivity contribution in [3.05, 3.63) is 48.0 Å². The lowest BCUT2D eigenvalue weighted by Gasteiger charge is -2.29. The van der Waals surface area contributed by atoms with Gasteiger partial charge in [-0.05, 0) is 35.9 Å². The number of ether oxygens (including phenoxy) is 2. The van der Waals surface area contributed by atoms with Gasteiger partial charge in [-0.15, -0.1) is 0 Å². The molecular formula is C18H21N3O4. The van der Waals surface area contributed by atoms with Gasteiger partial charge >= 0.3 is 6.09 Å². The normalized spacial score (nSPS) is 14.2. The van der Waals surface area contributed by atoms with Crippen LogP contribution in [0.3, 0.4) is 0 Å². The number of nitrogens with zero attached hydrogens (tertiary/aromatic N) is 1. The molecule has 0 aromatic heterocycles. The molecule has 1 aliphatic rings. The molecule has 0 atom stereocenters. The zero-order valence-corrected chi connectivity index (χ0v) is 13.8. The zero-order valence-electron chi connectivity index (χ0n) is 13.8. The third-order valence-electron chi connectivity index (χ3n) is 3.97. The van der Waals surface area contributed by atoms with Crippen molar-refractivity contribution in [3.8, 4) is 11.5 Å². The maximum Gasteiger partial charge on any atom is 0.404 e. The quantitative estimate of drug-likeness (QED) is 0.722. The van der Waals surface area contributed by atoms with Gasteiger partial charge in [0.1, 0.15) is 11.5 Å². The number of nitrogen functional groups attached to an aromatic ring is 1. The van der Waals surface area contributed by atoms with Gasteiger partial charge in [-0.1, -0.05) is 6.07 Å². The van der Waals surface area contributed by atoms with Gasteiger partial charge < -0.3 is 30.5 Å². The van der Waals surface area contributed by atoms with E-state index in [0.717, 1.165) is 32.0 Å². The summed E-state index contributed by atoms with van der Waals surface area (Å²) in [5, 5.41) is 11.0. The van der Waals surface area contributed by atoms with Crippen LogP contribution in [0, 0.1) is 0 Å². The third kappa shape index (κ3) is 4.54. The van der Waals surface area contributed by atoms with E-state index in [1.807, 2.05) is 24.3 Å². The molecule has 1 saturated heterocycles. The average Bonchev–Trinajstić information content (AvgIpc) is 2.63. The molecule has 7 nitrogen and oxygen atoms in total. The topological polar surface area (TPSA) is 97.0 Å². The molecule has 0 unspecified atom stereocenters. The van der Waals surface area contributed by atoms with Gasteiger partial charge in [0.05, 0.1) is 13.2 Å². The fourth-order valence-corrected chi connectivity index (χ4v) is 2.67. The van der Waals surface area contributed by atoms with E-state index >= 15 is 0 Å². The van der Waals surface area contributed by atoms with Crippen LogP contribution in [-0.4, -0.2) is 37.5 Å². The Labute approximate surface area is 146 Å². The molecule has 1 heterocycles. The molecule has 7 heteroatoms. The SMILES string of the molecule is Nc1ccc(Oc2cccc(N3CCOCC3)c2)cc1CNC(=O)O. The predicted molar refractivity (Wildman–Crippen MR) is 95.3 cm³/mol. The molecule has 25 heavy (non-hydrogen) atoms. The zero-order chi connectivity index (χ0) is 17.6. The fourth-order valence-electron chi connectivity index (χ4n) is 2.67. The van der Waals surface area contributed by atoms with Gasteiger partial charge in [-0.25, -0.2) is 4.79 Å². The van der Waals surface area contributed by atoms with Crippen molar-refractivity contribution in [2.75, 3.05) is 36.9 Å². The maximum atomic E-state index is 10.7. The molecule has 3 rings (SSSR count). The van der Waals surface area contributed by atoms with E-state index in [4.69, 9.17) is 20.3 Å². The summed E-state index contributed by atoms with van der Waals surface area (Å²) in [7, 11) is 0. The van der Waals surface area contributed by atoms with Crippen LogP contribution in [0.15, 0.2) is 42.5 Å². The number of nitrogens with two attached hydrogens (primary N) is 1. The first-order valence-corrected chi connectivity index (χ1v) is 8.07. The first kappa shape index (κ1) is 16.9.